The van der Waals surface area contributed by atoms with Crippen LogP contribution in [-0.4, -0.2) is 25.7 Å². The monoisotopic (exact) mass is 285 g/mol. The zero-order valence-corrected chi connectivity index (χ0v) is 13.0. The maximum Gasteiger partial charge on any atom is 0.123 e. The van der Waals surface area contributed by atoms with Gasteiger partial charge >= 0.3 is 0 Å². The number of aromatic nitrogens is 1. The number of hydrogen-bond donors (Lipinski definition) is 1. The summed E-state index contributed by atoms with van der Waals surface area (Å²) < 4.78 is 5.40. The Morgan fingerprint density at radius 2 is 2.05 bits per heavy atom. The minimum absolute atomic E-state index is 0.781. The van der Waals surface area contributed by atoms with Gasteiger partial charge in [-0.15, -0.1) is 0 Å². The molecule has 0 fully saturated rings. The van der Waals surface area contributed by atoms with Crippen LogP contribution in [-0.2, 0) is 6.54 Å². The number of rotatable bonds is 7. The molecule has 0 bridgehead atoms. The molecular weight excluding hydrogens is 262 g/mol. The lowest BCUT2D eigenvalue weighted by atomic mass is 10.2. The molecule has 1 aromatic carbocycles. The Bertz CT molecular complexity index is 571. The number of benzene rings is 1. The topological polar surface area (TPSA) is 37.4 Å². The van der Waals surface area contributed by atoms with Crippen LogP contribution in [0.5, 0.6) is 5.75 Å². The van der Waals surface area contributed by atoms with Gasteiger partial charge in [0, 0.05) is 25.7 Å². The average Bonchev–Trinajstić information content (AvgIpc) is 2.53. The third-order valence-electron chi connectivity index (χ3n) is 3.34. The molecule has 0 unspecified atom stereocenters. The van der Waals surface area contributed by atoms with Crippen molar-refractivity contribution in [1.29, 1.82) is 0 Å². The van der Waals surface area contributed by atoms with Crippen LogP contribution in [0, 0.1) is 0 Å². The Labute approximate surface area is 126 Å². The van der Waals surface area contributed by atoms with Crippen LogP contribution in [0.1, 0.15) is 18.9 Å². The van der Waals surface area contributed by atoms with Crippen LogP contribution in [0.2, 0.25) is 0 Å². The lowest BCUT2D eigenvalue weighted by Gasteiger charge is -2.21. The van der Waals surface area contributed by atoms with E-state index >= 15 is 0 Å². The molecule has 0 atom stereocenters. The lowest BCUT2D eigenvalue weighted by Crippen LogP contribution is -2.17. The summed E-state index contributed by atoms with van der Waals surface area (Å²) in [5, 5.41) is 3.36. The van der Waals surface area contributed by atoms with E-state index in [2.05, 4.69) is 41.3 Å². The maximum atomic E-state index is 5.40. The molecule has 0 aliphatic carbocycles. The Hall–Kier alpha value is -2.23. The van der Waals surface area contributed by atoms with E-state index in [-0.39, 0.29) is 0 Å². The predicted octanol–water partition coefficient (Wildman–Crippen LogP) is 3.55. The van der Waals surface area contributed by atoms with Crippen molar-refractivity contribution in [2.24, 2.45) is 0 Å². The van der Waals surface area contributed by atoms with Crippen molar-refractivity contribution < 1.29 is 4.74 Å². The van der Waals surface area contributed by atoms with Crippen LogP contribution in [0.3, 0.4) is 0 Å². The number of nitrogens with zero attached hydrogens (tertiary/aromatic N) is 2. The summed E-state index contributed by atoms with van der Waals surface area (Å²) >= 11 is 0. The van der Waals surface area contributed by atoms with E-state index in [0.717, 1.165) is 42.2 Å². The van der Waals surface area contributed by atoms with E-state index in [4.69, 9.17) is 4.74 Å². The first-order valence-corrected chi connectivity index (χ1v) is 7.26. The van der Waals surface area contributed by atoms with Gasteiger partial charge in [-0.25, -0.2) is 0 Å². The quantitative estimate of drug-likeness (QED) is 0.844. The number of ether oxygens (including phenoxy) is 1. The molecule has 0 aliphatic rings. The highest BCUT2D eigenvalue weighted by atomic mass is 16.5. The normalized spacial score (nSPS) is 10.2. The number of hydrogen-bond acceptors (Lipinski definition) is 4. The summed E-state index contributed by atoms with van der Waals surface area (Å²) in [7, 11) is 3.77. The Morgan fingerprint density at radius 3 is 2.81 bits per heavy atom. The third-order valence-corrected chi connectivity index (χ3v) is 3.34. The van der Waals surface area contributed by atoms with Crippen molar-refractivity contribution in [1.82, 2.24) is 4.98 Å². The molecule has 2 aromatic rings. The smallest absolute Gasteiger partial charge is 0.123 e. The van der Waals surface area contributed by atoms with Gasteiger partial charge in [0.25, 0.3) is 0 Å². The molecular formula is C17H23N3O. The highest BCUT2D eigenvalue weighted by Gasteiger charge is 2.07. The van der Waals surface area contributed by atoms with Gasteiger partial charge in [0.15, 0.2) is 0 Å². The van der Waals surface area contributed by atoms with Crippen LogP contribution in [0.4, 0.5) is 11.4 Å². The molecule has 21 heavy (non-hydrogen) atoms. The van der Waals surface area contributed by atoms with E-state index in [1.165, 1.54) is 0 Å². The van der Waals surface area contributed by atoms with Gasteiger partial charge in [-0.1, -0.05) is 25.1 Å². The Balaban J connectivity index is 2.10. The molecule has 1 heterocycles. The molecule has 2 rings (SSSR count). The standard InChI is InChI=1S/C17H23N3O/c1-4-9-19-15-10-16(12-18-11-15)20(2)13-14-7-5-6-8-17(14)21-3/h5-8,10-12,19H,4,9,13H2,1-3H3. The number of anilines is 2. The van der Waals surface area contributed by atoms with Crippen molar-refractivity contribution in [3.63, 3.8) is 0 Å². The molecule has 0 radical (unpaired) electrons. The molecule has 4 heteroatoms. The van der Waals surface area contributed by atoms with E-state index in [1.54, 1.807) is 7.11 Å². The van der Waals surface area contributed by atoms with Crippen molar-refractivity contribution in [3.8, 4) is 5.75 Å². The summed E-state index contributed by atoms with van der Waals surface area (Å²) in [6, 6.07) is 10.2. The fourth-order valence-electron chi connectivity index (χ4n) is 2.18. The van der Waals surface area contributed by atoms with Gasteiger partial charge in [-0.05, 0) is 18.6 Å². The van der Waals surface area contributed by atoms with Crippen LogP contribution in [0.15, 0.2) is 42.7 Å². The number of para-hydroxylation sites is 1. The lowest BCUT2D eigenvalue weighted by molar-refractivity contribution is 0.409. The van der Waals surface area contributed by atoms with E-state index in [0.29, 0.717) is 0 Å². The van der Waals surface area contributed by atoms with Gasteiger partial charge in [-0.2, -0.15) is 0 Å². The summed E-state index contributed by atoms with van der Waals surface area (Å²) in [5.41, 5.74) is 3.30. The highest BCUT2D eigenvalue weighted by Crippen LogP contribution is 2.23. The summed E-state index contributed by atoms with van der Waals surface area (Å²) in [6.07, 6.45) is 4.84. The molecule has 1 aromatic heterocycles. The minimum atomic E-state index is 0.781. The fourth-order valence-corrected chi connectivity index (χ4v) is 2.18. The summed E-state index contributed by atoms with van der Waals surface area (Å²) in [5.74, 6) is 0.914. The van der Waals surface area contributed by atoms with Crippen LogP contribution < -0.4 is 15.0 Å². The maximum absolute atomic E-state index is 5.40. The van der Waals surface area contributed by atoms with Crippen molar-refractivity contribution in [2.45, 2.75) is 19.9 Å². The fraction of sp³-hybridized carbons (Fsp3) is 0.353. The zero-order valence-electron chi connectivity index (χ0n) is 13.0. The Morgan fingerprint density at radius 1 is 1.24 bits per heavy atom. The molecule has 0 saturated carbocycles. The second kappa shape index (κ2) is 7.53. The van der Waals surface area contributed by atoms with Gasteiger partial charge in [0.05, 0.1) is 30.9 Å². The number of methoxy groups -OCH3 is 1. The SMILES string of the molecule is CCCNc1cncc(N(C)Cc2ccccc2OC)c1. The second-order valence-corrected chi connectivity index (χ2v) is 5.03. The van der Waals surface area contributed by atoms with E-state index in [1.807, 2.05) is 30.6 Å². The largest absolute Gasteiger partial charge is 0.496 e. The van der Waals surface area contributed by atoms with Gasteiger partial charge in [0.1, 0.15) is 5.75 Å². The molecule has 0 amide bonds. The average molecular weight is 285 g/mol. The minimum Gasteiger partial charge on any atom is -0.496 e. The van der Waals surface area contributed by atoms with E-state index in [9.17, 15) is 0 Å². The zero-order chi connectivity index (χ0) is 15.1. The molecule has 0 spiro atoms. The van der Waals surface area contributed by atoms with Crippen LogP contribution in [0.25, 0.3) is 0 Å². The number of pyridine rings is 1. The first kappa shape index (κ1) is 15.2. The summed E-state index contributed by atoms with van der Waals surface area (Å²) in [4.78, 5) is 6.48. The Kier molecular flexibility index (Phi) is 5.43. The van der Waals surface area contributed by atoms with Gasteiger partial charge in [-0.3, -0.25) is 4.98 Å². The predicted molar refractivity (Wildman–Crippen MR) is 88.1 cm³/mol. The third kappa shape index (κ3) is 4.12. The van der Waals surface area contributed by atoms with Gasteiger partial charge in [0.2, 0.25) is 0 Å². The first-order valence-electron chi connectivity index (χ1n) is 7.26. The number of nitrogens with one attached hydrogen (secondary N) is 1. The summed E-state index contributed by atoms with van der Waals surface area (Å²) in [6.45, 7) is 3.89. The second-order valence-electron chi connectivity index (χ2n) is 5.03. The molecule has 0 aliphatic heterocycles. The molecule has 4 nitrogen and oxygen atoms in total. The van der Waals surface area contributed by atoms with Crippen molar-refractivity contribution in [2.75, 3.05) is 30.9 Å². The highest BCUT2D eigenvalue weighted by molar-refractivity contribution is 5.55. The van der Waals surface area contributed by atoms with E-state index < -0.39 is 0 Å². The van der Waals surface area contributed by atoms with Crippen LogP contribution >= 0.6 is 0 Å². The molecule has 112 valence electrons. The van der Waals surface area contributed by atoms with Crippen molar-refractivity contribution >= 4 is 11.4 Å². The van der Waals surface area contributed by atoms with Gasteiger partial charge < -0.3 is 15.0 Å². The molecule has 1 N–H and O–H groups in total. The van der Waals surface area contributed by atoms with Crippen molar-refractivity contribution in [3.05, 3.63) is 48.3 Å². The first-order chi connectivity index (χ1) is 10.2. The molecule has 0 saturated heterocycles.